The molecule has 0 amide bonds. The minimum atomic E-state index is 0.670. The average Bonchev–Trinajstić information content (AvgIpc) is 2.64. The Hall–Kier alpha value is -0.860. The number of benzene rings is 2. The second kappa shape index (κ2) is 10.2. The highest BCUT2D eigenvalue weighted by molar-refractivity contribution is 8.76. The molecule has 2 heteroatoms. The van der Waals surface area contributed by atoms with E-state index in [0.717, 1.165) is 0 Å². The maximum absolute atomic E-state index is 2.31. The molecule has 0 aliphatic heterocycles. The van der Waals surface area contributed by atoms with E-state index in [-0.39, 0.29) is 0 Å². The van der Waals surface area contributed by atoms with E-state index >= 15 is 0 Å². The van der Waals surface area contributed by atoms with Gasteiger partial charge in [-0.3, -0.25) is 0 Å². The summed E-state index contributed by atoms with van der Waals surface area (Å²) in [4.78, 5) is 2.85. The van der Waals surface area contributed by atoms with Crippen LogP contribution in [0.15, 0.2) is 58.3 Å². The Balaban J connectivity index is 2.21. The smallest absolute Gasteiger partial charge is 0.0221 e. The molecule has 0 aromatic heterocycles. The van der Waals surface area contributed by atoms with Crippen LogP contribution in [0.2, 0.25) is 0 Å². The molecule has 0 atom stereocenters. The van der Waals surface area contributed by atoms with Crippen LogP contribution in [0.25, 0.3) is 0 Å². The van der Waals surface area contributed by atoms with Crippen LogP contribution in [0, 0.1) is 0 Å². The molecule has 0 saturated carbocycles. The lowest BCUT2D eigenvalue weighted by atomic mass is 9.94. The van der Waals surface area contributed by atoms with Crippen LogP contribution in [0.5, 0.6) is 0 Å². The van der Waals surface area contributed by atoms with Gasteiger partial charge in [-0.25, -0.2) is 0 Å². The minimum absolute atomic E-state index is 0.670. The van der Waals surface area contributed by atoms with Crippen molar-refractivity contribution in [2.45, 2.75) is 75.0 Å². The van der Waals surface area contributed by atoms with E-state index in [9.17, 15) is 0 Å². The second-order valence-electron chi connectivity index (χ2n) is 6.27. The highest BCUT2D eigenvalue weighted by Crippen LogP contribution is 2.44. The van der Waals surface area contributed by atoms with Gasteiger partial charge in [-0.15, -0.1) is 0 Å². The zero-order valence-corrected chi connectivity index (χ0v) is 17.1. The third kappa shape index (κ3) is 4.83. The van der Waals surface area contributed by atoms with Crippen LogP contribution in [-0.4, -0.2) is 0 Å². The molecule has 24 heavy (non-hydrogen) atoms. The monoisotopic (exact) mass is 358 g/mol. The highest BCUT2D eigenvalue weighted by Gasteiger charge is 2.15. The normalized spacial score (nSPS) is 11.4. The second-order valence-corrected chi connectivity index (χ2v) is 8.48. The highest BCUT2D eigenvalue weighted by atomic mass is 33.1. The molecule has 0 radical (unpaired) electrons. The lowest BCUT2D eigenvalue weighted by Gasteiger charge is -2.19. The molecule has 0 N–H and O–H groups in total. The molecule has 0 saturated heterocycles. The van der Waals surface area contributed by atoms with E-state index in [1.807, 2.05) is 21.6 Å². The molecule has 0 aliphatic carbocycles. The van der Waals surface area contributed by atoms with E-state index in [2.05, 4.69) is 76.2 Å². The van der Waals surface area contributed by atoms with Gasteiger partial charge in [-0.05, 0) is 60.8 Å². The Labute approximate surface area is 156 Å². The maximum Gasteiger partial charge on any atom is 0.0221 e. The zero-order valence-electron chi connectivity index (χ0n) is 15.4. The predicted molar refractivity (Wildman–Crippen MR) is 111 cm³/mol. The third-order valence-corrected chi connectivity index (χ3v) is 7.42. The van der Waals surface area contributed by atoms with Crippen molar-refractivity contribution in [1.82, 2.24) is 0 Å². The van der Waals surface area contributed by atoms with Crippen LogP contribution in [0.1, 0.15) is 76.3 Å². The Morgan fingerprint density at radius 3 is 1.25 bits per heavy atom. The summed E-state index contributed by atoms with van der Waals surface area (Å²) in [7, 11) is 3.86. The van der Waals surface area contributed by atoms with Gasteiger partial charge in [0.05, 0.1) is 0 Å². The van der Waals surface area contributed by atoms with Gasteiger partial charge in [0.1, 0.15) is 0 Å². The van der Waals surface area contributed by atoms with Gasteiger partial charge in [-0.1, -0.05) is 85.7 Å². The van der Waals surface area contributed by atoms with E-state index < -0.39 is 0 Å². The Kier molecular flexibility index (Phi) is 8.28. The van der Waals surface area contributed by atoms with Gasteiger partial charge in [0.15, 0.2) is 0 Å². The molecular weight excluding hydrogens is 328 g/mol. The summed E-state index contributed by atoms with van der Waals surface area (Å²) in [6, 6.07) is 17.9. The van der Waals surface area contributed by atoms with Crippen LogP contribution in [-0.2, 0) is 0 Å². The Bertz CT molecular complexity index is 557. The molecule has 0 fully saturated rings. The molecule has 130 valence electrons. The zero-order chi connectivity index (χ0) is 17.4. The summed E-state index contributed by atoms with van der Waals surface area (Å²) in [5.41, 5.74) is 3.03. The van der Waals surface area contributed by atoms with E-state index in [1.54, 1.807) is 0 Å². The maximum atomic E-state index is 2.31. The van der Waals surface area contributed by atoms with Gasteiger partial charge in [0.25, 0.3) is 0 Å². The first-order chi connectivity index (χ1) is 11.7. The Morgan fingerprint density at radius 1 is 0.583 bits per heavy atom. The predicted octanol–water partition coefficient (Wildman–Crippen LogP) is 8.29. The fraction of sp³-hybridized carbons (Fsp3) is 0.455. The van der Waals surface area contributed by atoms with Crippen molar-refractivity contribution in [3.63, 3.8) is 0 Å². The molecule has 0 bridgehead atoms. The topological polar surface area (TPSA) is 0 Å². The van der Waals surface area contributed by atoms with Crippen molar-refractivity contribution in [2.24, 2.45) is 0 Å². The minimum Gasteiger partial charge on any atom is -0.0648 e. The van der Waals surface area contributed by atoms with Crippen LogP contribution >= 0.6 is 21.6 Å². The summed E-state index contributed by atoms with van der Waals surface area (Å²) < 4.78 is 0. The standard InChI is InChI=1S/C22H30S2/c1-5-17(6-2)19-13-9-11-15-21(19)23-24-22-16-12-10-14-20(22)18(7-3)8-4/h9-18H,5-8H2,1-4H3. The fourth-order valence-electron chi connectivity index (χ4n) is 3.33. The fourth-order valence-corrected chi connectivity index (χ4v) is 5.89. The first-order valence-corrected chi connectivity index (χ1v) is 11.4. The molecule has 2 aromatic carbocycles. The van der Waals surface area contributed by atoms with Gasteiger partial charge in [0.2, 0.25) is 0 Å². The van der Waals surface area contributed by atoms with Gasteiger partial charge < -0.3 is 0 Å². The van der Waals surface area contributed by atoms with Crippen molar-refractivity contribution < 1.29 is 0 Å². The van der Waals surface area contributed by atoms with E-state index in [1.165, 1.54) is 46.6 Å². The average molecular weight is 359 g/mol. The Morgan fingerprint density at radius 2 is 0.917 bits per heavy atom. The van der Waals surface area contributed by atoms with Crippen LogP contribution in [0.3, 0.4) is 0 Å². The summed E-state index contributed by atoms with van der Waals surface area (Å²) in [5.74, 6) is 1.34. The summed E-state index contributed by atoms with van der Waals surface area (Å²) in [5, 5.41) is 0. The van der Waals surface area contributed by atoms with Gasteiger partial charge >= 0.3 is 0 Å². The quantitative estimate of drug-likeness (QED) is 0.413. The molecule has 0 heterocycles. The first-order valence-electron chi connectivity index (χ1n) is 9.27. The molecule has 0 spiro atoms. The SMILES string of the molecule is CCC(CC)c1ccccc1SSc1ccccc1C(CC)CC. The van der Waals surface area contributed by atoms with Crippen molar-refractivity contribution in [3.8, 4) is 0 Å². The van der Waals surface area contributed by atoms with Crippen molar-refractivity contribution >= 4 is 21.6 Å². The number of hydrogen-bond acceptors (Lipinski definition) is 2. The molecule has 0 unspecified atom stereocenters. The van der Waals surface area contributed by atoms with Crippen LogP contribution in [0.4, 0.5) is 0 Å². The van der Waals surface area contributed by atoms with E-state index in [4.69, 9.17) is 0 Å². The first kappa shape index (κ1) is 19.5. The molecule has 2 rings (SSSR count). The van der Waals surface area contributed by atoms with E-state index in [0.29, 0.717) is 11.8 Å². The van der Waals surface area contributed by atoms with Gasteiger partial charge in [-0.2, -0.15) is 0 Å². The summed E-state index contributed by atoms with van der Waals surface area (Å²) in [6.07, 6.45) is 4.85. The summed E-state index contributed by atoms with van der Waals surface area (Å²) in [6.45, 7) is 9.19. The lowest BCUT2D eigenvalue weighted by Crippen LogP contribution is -1.98. The van der Waals surface area contributed by atoms with Crippen molar-refractivity contribution in [1.29, 1.82) is 0 Å². The van der Waals surface area contributed by atoms with Crippen LogP contribution < -0.4 is 0 Å². The van der Waals surface area contributed by atoms with Crippen molar-refractivity contribution in [3.05, 3.63) is 59.7 Å². The molecule has 2 aromatic rings. The molecule has 0 nitrogen and oxygen atoms in total. The van der Waals surface area contributed by atoms with Gasteiger partial charge in [0, 0.05) is 9.79 Å². The van der Waals surface area contributed by atoms with Crippen molar-refractivity contribution in [2.75, 3.05) is 0 Å². The number of hydrogen-bond donors (Lipinski definition) is 0. The molecular formula is C22H30S2. The summed E-state index contributed by atoms with van der Waals surface area (Å²) >= 11 is 0. The third-order valence-electron chi connectivity index (χ3n) is 4.91. The molecule has 0 aliphatic rings. The lowest BCUT2D eigenvalue weighted by molar-refractivity contribution is 0.631. The number of rotatable bonds is 9. The largest absolute Gasteiger partial charge is 0.0648 e.